The highest BCUT2D eigenvalue weighted by Gasteiger charge is 2.12. The number of nitrogens with one attached hydrogen (secondary N) is 1. The molecule has 176 valence electrons. The molecule has 0 amide bonds. The molecule has 9 heteroatoms. The van der Waals surface area contributed by atoms with Crippen LogP contribution in [-0.2, 0) is 6.54 Å². The van der Waals surface area contributed by atoms with Crippen LogP contribution < -0.4 is 5.32 Å². The highest BCUT2D eigenvalue weighted by Crippen LogP contribution is 2.27. The molecule has 2 N–H and O–H groups in total. The Bertz CT molecular complexity index is 1540. The predicted octanol–water partition coefficient (Wildman–Crippen LogP) is 5.79. The molecule has 3 heterocycles. The van der Waals surface area contributed by atoms with E-state index in [2.05, 4.69) is 30.9 Å². The maximum absolute atomic E-state index is 14.0. The van der Waals surface area contributed by atoms with E-state index >= 15 is 0 Å². The Balaban J connectivity index is 1.29. The van der Waals surface area contributed by atoms with Crippen molar-refractivity contribution in [3.8, 4) is 21.8 Å². The van der Waals surface area contributed by atoms with E-state index in [1.807, 2.05) is 44.2 Å². The summed E-state index contributed by atoms with van der Waals surface area (Å²) in [6.07, 6.45) is 1.51. The van der Waals surface area contributed by atoms with E-state index in [1.54, 1.807) is 12.1 Å². The maximum Gasteiger partial charge on any atom is 0.355 e. The number of halogens is 1. The molecule has 7 nitrogen and oxygen atoms in total. The minimum Gasteiger partial charge on any atom is -0.476 e. The van der Waals surface area contributed by atoms with Gasteiger partial charge in [0.1, 0.15) is 23.0 Å². The molecule has 0 saturated carbocycles. The fourth-order valence-corrected chi connectivity index (χ4v) is 4.92. The van der Waals surface area contributed by atoms with Crippen LogP contribution in [0.2, 0.25) is 0 Å². The molecule has 0 spiro atoms. The van der Waals surface area contributed by atoms with Crippen molar-refractivity contribution in [2.75, 3.05) is 11.9 Å². The standard InChI is InChI=1S/C26H22FN5O2S/c1-15-9-19(27)11-23-20(15)10-16(2)32(23)8-7-28-24-12-21(29-14-30-24)17-3-5-18(6-4-17)25-31-22(13-35-25)26(33)34/h3-6,9-14H,7-8H2,1-2H3,(H,33,34)(H,28,29,30). The molecule has 0 aliphatic carbocycles. The zero-order chi connectivity index (χ0) is 24.5. The van der Waals surface area contributed by atoms with Crippen LogP contribution in [0.15, 0.2) is 60.2 Å². The highest BCUT2D eigenvalue weighted by atomic mass is 32.1. The SMILES string of the molecule is Cc1cc(F)cc2c1cc(C)n2CCNc1cc(-c2ccc(-c3nc(C(=O)O)cs3)cc2)ncn1. The number of hydrogen-bond donors (Lipinski definition) is 2. The second-order valence-corrected chi connectivity index (χ2v) is 9.09. The molecule has 0 aliphatic heterocycles. The van der Waals surface area contributed by atoms with Crippen molar-refractivity contribution in [1.82, 2.24) is 19.5 Å². The van der Waals surface area contributed by atoms with E-state index in [0.717, 1.165) is 39.0 Å². The van der Waals surface area contributed by atoms with Crippen molar-refractivity contribution in [3.63, 3.8) is 0 Å². The minimum absolute atomic E-state index is 0.0453. The molecule has 0 saturated heterocycles. The number of carboxylic acid groups (broad SMARTS) is 1. The maximum atomic E-state index is 14.0. The van der Waals surface area contributed by atoms with Gasteiger partial charge in [-0.1, -0.05) is 24.3 Å². The lowest BCUT2D eigenvalue weighted by molar-refractivity contribution is 0.0691. The van der Waals surface area contributed by atoms with Crippen LogP contribution in [-0.4, -0.2) is 37.1 Å². The first kappa shape index (κ1) is 22.7. The van der Waals surface area contributed by atoms with Crippen molar-refractivity contribution in [3.05, 3.63) is 83.0 Å². The van der Waals surface area contributed by atoms with Crippen molar-refractivity contribution in [2.24, 2.45) is 0 Å². The predicted molar refractivity (Wildman–Crippen MR) is 135 cm³/mol. The molecule has 3 aromatic heterocycles. The van der Waals surface area contributed by atoms with Gasteiger partial charge < -0.3 is 15.0 Å². The summed E-state index contributed by atoms with van der Waals surface area (Å²) in [7, 11) is 0. The lowest BCUT2D eigenvalue weighted by Crippen LogP contribution is -2.12. The second kappa shape index (κ2) is 9.27. The second-order valence-electron chi connectivity index (χ2n) is 8.23. The van der Waals surface area contributed by atoms with Gasteiger partial charge in [0.25, 0.3) is 0 Å². The first-order chi connectivity index (χ1) is 16.9. The van der Waals surface area contributed by atoms with Crippen LogP contribution in [0.3, 0.4) is 0 Å². The lowest BCUT2D eigenvalue weighted by Gasteiger charge is -2.11. The van der Waals surface area contributed by atoms with Crippen molar-refractivity contribution in [1.29, 1.82) is 0 Å². The first-order valence-electron chi connectivity index (χ1n) is 11.0. The van der Waals surface area contributed by atoms with Gasteiger partial charge in [-0.15, -0.1) is 11.3 Å². The average molecular weight is 488 g/mol. The van der Waals surface area contributed by atoms with Gasteiger partial charge in [-0.3, -0.25) is 0 Å². The minimum atomic E-state index is -1.03. The Morgan fingerprint density at radius 2 is 1.86 bits per heavy atom. The molecule has 5 rings (SSSR count). The third-order valence-electron chi connectivity index (χ3n) is 5.86. The summed E-state index contributed by atoms with van der Waals surface area (Å²) in [4.78, 5) is 23.9. The fraction of sp³-hybridized carbons (Fsp3) is 0.154. The number of aromatic carboxylic acids is 1. The Morgan fingerprint density at radius 3 is 2.60 bits per heavy atom. The van der Waals surface area contributed by atoms with Crippen molar-refractivity contribution in [2.45, 2.75) is 20.4 Å². The van der Waals surface area contributed by atoms with Gasteiger partial charge in [0.05, 0.1) is 11.2 Å². The number of aromatic nitrogens is 4. The Kier molecular flexibility index (Phi) is 6.00. The van der Waals surface area contributed by atoms with Crippen LogP contribution in [0, 0.1) is 19.7 Å². The quantitative estimate of drug-likeness (QED) is 0.302. The number of anilines is 1. The third-order valence-corrected chi connectivity index (χ3v) is 6.75. The summed E-state index contributed by atoms with van der Waals surface area (Å²) in [5.41, 5.74) is 5.46. The zero-order valence-electron chi connectivity index (χ0n) is 19.1. The molecule has 0 bridgehead atoms. The summed E-state index contributed by atoms with van der Waals surface area (Å²) in [5, 5.41) is 15.7. The van der Waals surface area contributed by atoms with Gasteiger partial charge in [-0.2, -0.15) is 0 Å². The normalized spacial score (nSPS) is 11.2. The smallest absolute Gasteiger partial charge is 0.355 e. The molecule has 5 aromatic rings. The molecule has 0 atom stereocenters. The zero-order valence-corrected chi connectivity index (χ0v) is 19.9. The first-order valence-corrected chi connectivity index (χ1v) is 11.9. The Morgan fingerprint density at radius 1 is 1.09 bits per heavy atom. The van der Waals surface area contributed by atoms with E-state index in [4.69, 9.17) is 5.11 Å². The third kappa shape index (κ3) is 4.63. The average Bonchev–Trinajstić information content (AvgIpc) is 3.46. The van der Waals surface area contributed by atoms with E-state index in [0.29, 0.717) is 23.9 Å². The molecular formula is C26H22FN5O2S. The number of thiazole rings is 1. The van der Waals surface area contributed by atoms with E-state index in [1.165, 1.54) is 23.0 Å². The molecule has 35 heavy (non-hydrogen) atoms. The Labute approximate surface area is 204 Å². The number of carbonyl (C=O) groups is 1. The lowest BCUT2D eigenvalue weighted by atomic mass is 10.1. The van der Waals surface area contributed by atoms with Crippen LogP contribution in [0.1, 0.15) is 21.7 Å². The molecule has 2 aromatic carbocycles. The summed E-state index contributed by atoms with van der Waals surface area (Å²) < 4.78 is 16.1. The van der Waals surface area contributed by atoms with Gasteiger partial charge in [0, 0.05) is 46.7 Å². The number of carboxylic acids is 1. The van der Waals surface area contributed by atoms with Gasteiger partial charge in [-0.05, 0) is 37.6 Å². The summed E-state index contributed by atoms with van der Waals surface area (Å²) >= 11 is 1.30. The largest absolute Gasteiger partial charge is 0.476 e. The molecule has 0 fully saturated rings. The summed E-state index contributed by atoms with van der Waals surface area (Å²) in [6.45, 7) is 5.23. The molecular weight excluding hydrogens is 465 g/mol. The number of nitrogens with zero attached hydrogens (tertiary/aromatic N) is 4. The molecule has 0 unspecified atom stereocenters. The van der Waals surface area contributed by atoms with Crippen LogP contribution in [0.5, 0.6) is 0 Å². The number of fused-ring (bicyclic) bond motifs is 1. The van der Waals surface area contributed by atoms with Crippen LogP contribution >= 0.6 is 11.3 Å². The van der Waals surface area contributed by atoms with E-state index < -0.39 is 5.97 Å². The van der Waals surface area contributed by atoms with E-state index in [9.17, 15) is 9.18 Å². The van der Waals surface area contributed by atoms with Gasteiger partial charge in [-0.25, -0.2) is 24.1 Å². The van der Waals surface area contributed by atoms with Crippen LogP contribution in [0.25, 0.3) is 32.7 Å². The van der Waals surface area contributed by atoms with Crippen molar-refractivity contribution < 1.29 is 14.3 Å². The van der Waals surface area contributed by atoms with E-state index in [-0.39, 0.29) is 11.5 Å². The van der Waals surface area contributed by atoms with Crippen molar-refractivity contribution >= 4 is 34.0 Å². The van der Waals surface area contributed by atoms with Crippen LogP contribution in [0.4, 0.5) is 10.2 Å². The topological polar surface area (TPSA) is 92.9 Å². The highest BCUT2D eigenvalue weighted by molar-refractivity contribution is 7.13. The Hall–Kier alpha value is -4.11. The fourth-order valence-electron chi connectivity index (χ4n) is 4.12. The number of rotatable bonds is 7. The summed E-state index contributed by atoms with van der Waals surface area (Å²) in [6, 6.07) is 14.8. The van der Waals surface area contributed by atoms with Gasteiger partial charge >= 0.3 is 5.97 Å². The molecule has 0 aliphatic rings. The number of benzene rings is 2. The number of aryl methyl sites for hydroxylation is 2. The summed E-state index contributed by atoms with van der Waals surface area (Å²) in [5.74, 6) is -0.569. The van der Waals surface area contributed by atoms with Gasteiger partial charge in [0.2, 0.25) is 0 Å². The van der Waals surface area contributed by atoms with Gasteiger partial charge in [0.15, 0.2) is 5.69 Å². The molecule has 0 radical (unpaired) electrons. The monoisotopic (exact) mass is 487 g/mol. The number of hydrogen-bond acceptors (Lipinski definition) is 6.